The Morgan fingerprint density at radius 3 is 2.46 bits per heavy atom. The molecule has 0 amide bonds. The molecule has 1 fully saturated rings. The maximum absolute atomic E-state index is 6.33. The van der Waals surface area contributed by atoms with Gasteiger partial charge in [-0.15, -0.1) is 0 Å². The molecule has 1 aromatic heterocycles. The molecule has 0 spiro atoms. The van der Waals surface area contributed by atoms with E-state index in [-0.39, 0.29) is 5.41 Å². The Morgan fingerprint density at radius 2 is 1.68 bits per heavy atom. The van der Waals surface area contributed by atoms with Crippen LogP contribution in [-0.4, -0.2) is 41.3 Å². The van der Waals surface area contributed by atoms with Crippen molar-refractivity contribution in [1.29, 1.82) is 0 Å². The second-order valence-electron chi connectivity index (χ2n) is 10.3. The number of hydrogen-bond donors (Lipinski definition) is 2. The third kappa shape index (κ3) is 4.55. The Bertz CT molecular complexity index is 1430. The molecule has 6 rings (SSSR count). The number of nitrogen functional groups attached to an aromatic ring is 1. The molecular weight excluding hydrogens is 462 g/mol. The van der Waals surface area contributed by atoms with Crippen molar-refractivity contribution in [3.8, 4) is 11.5 Å². The van der Waals surface area contributed by atoms with Gasteiger partial charge in [-0.3, -0.25) is 4.90 Å². The molecule has 0 unspecified atom stereocenters. The van der Waals surface area contributed by atoms with Crippen molar-refractivity contribution in [2.24, 2.45) is 0 Å². The van der Waals surface area contributed by atoms with Gasteiger partial charge in [-0.2, -0.15) is 4.98 Å². The summed E-state index contributed by atoms with van der Waals surface area (Å²) in [4.78, 5) is 11.9. The minimum Gasteiger partial charge on any atom is -0.454 e. The van der Waals surface area contributed by atoms with Gasteiger partial charge in [0.15, 0.2) is 11.5 Å². The van der Waals surface area contributed by atoms with E-state index in [1.807, 2.05) is 25.1 Å². The Labute approximate surface area is 217 Å². The molecule has 2 aliphatic rings. The Morgan fingerprint density at radius 1 is 0.919 bits per heavy atom. The molecular formula is C30H33N5O2. The fourth-order valence-electron chi connectivity index (χ4n) is 5.71. The van der Waals surface area contributed by atoms with Crippen LogP contribution in [0.3, 0.4) is 0 Å². The lowest BCUT2D eigenvalue weighted by atomic mass is 9.72. The highest BCUT2D eigenvalue weighted by atomic mass is 16.7. The van der Waals surface area contributed by atoms with Crippen LogP contribution in [0.1, 0.15) is 35.1 Å². The zero-order chi connectivity index (χ0) is 25.4. The number of aromatic nitrogens is 2. The number of likely N-dealkylation sites (tertiary alicyclic amines) is 1. The fourth-order valence-corrected chi connectivity index (χ4v) is 5.71. The molecule has 3 heterocycles. The summed E-state index contributed by atoms with van der Waals surface area (Å²) >= 11 is 0. The van der Waals surface area contributed by atoms with Gasteiger partial charge in [-0.25, -0.2) is 4.98 Å². The quantitative estimate of drug-likeness (QED) is 0.380. The van der Waals surface area contributed by atoms with Crippen LogP contribution in [0.25, 0.3) is 10.9 Å². The first kappa shape index (κ1) is 23.6. The SMILES string of the molecule is Cc1cc2c(cc1CN1CCC(CNc3nc(N)c4c(C)cccc4n3)(c3ccccc3)CC1)OCO2. The first-order chi connectivity index (χ1) is 18.0. The van der Waals surface area contributed by atoms with E-state index in [4.69, 9.17) is 20.2 Å². The maximum atomic E-state index is 6.33. The lowest BCUT2D eigenvalue weighted by Gasteiger charge is -2.42. The zero-order valence-corrected chi connectivity index (χ0v) is 21.5. The average Bonchev–Trinajstić information content (AvgIpc) is 3.36. The highest BCUT2D eigenvalue weighted by molar-refractivity contribution is 5.91. The van der Waals surface area contributed by atoms with Crippen molar-refractivity contribution in [3.63, 3.8) is 0 Å². The number of piperidine rings is 1. The van der Waals surface area contributed by atoms with Gasteiger partial charge in [-0.1, -0.05) is 42.5 Å². The van der Waals surface area contributed by atoms with Gasteiger partial charge in [-0.05, 0) is 80.2 Å². The maximum Gasteiger partial charge on any atom is 0.231 e. The second kappa shape index (κ2) is 9.56. The molecule has 7 nitrogen and oxygen atoms in total. The molecule has 0 aliphatic carbocycles. The molecule has 0 atom stereocenters. The Kier molecular flexibility index (Phi) is 6.08. The van der Waals surface area contributed by atoms with Gasteiger partial charge in [0, 0.05) is 23.9 Å². The number of fused-ring (bicyclic) bond motifs is 2. The summed E-state index contributed by atoms with van der Waals surface area (Å²) in [5.41, 5.74) is 12.2. The molecule has 4 aromatic rings. The van der Waals surface area contributed by atoms with E-state index in [9.17, 15) is 0 Å². The summed E-state index contributed by atoms with van der Waals surface area (Å²) in [5.74, 6) is 2.81. The molecule has 190 valence electrons. The van der Waals surface area contributed by atoms with Crippen molar-refractivity contribution in [2.45, 2.75) is 38.6 Å². The van der Waals surface area contributed by atoms with Crippen molar-refractivity contribution < 1.29 is 9.47 Å². The van der Waals surface area contributed by atoms with E-state index in [0.29, 0.717) is 18.6 Å². The van der Waals surface area contributed by atoms with Gasteiger partial charge in [0.25, 0.3) is 0 Å². The molecule has 2 aliphatic heterocycles. The van der Waals surface area contributed by atoms with E-state index >= 15 is 0 Å². The minimum absolute atomic E-state index is 0.0125. The number of anilines is 2. The normalized spacial score (nSPS) is 16.7. The molecule has 3 aromatic carbocycles. The second-order valence-corrected chi connectivity index (χ2v) is 10.3. The summed E-state index contributed by atoms with van der Waals surface area (Å²) in [6, 6.07) is 21.1. The van der Waals surface area contributed by atoms with E-state index in [0.717, 1.165) is 67.0 Å². The summed E-state index contributed by atoms with van der Waals surface area (Å²) in [6.45, 7) is 8.17. The summed E-state index contributed by atoms with van der Waals surface area (Å²) in [7, 11) is 0. The highest BCUT2D eigenvalue weighted by Crippen LogP contribution is 2.38. The van der Waals surface area contributed by atoms with Gasteiger partial charge >= 0.3 is 0 Å². The van der Waals surface area contributed by atoms with Crippen LogP contribution < -0.4 is 20.5 Å². The van der Waals surface area contributed by atoms with Crippen molar-refractivity contribution >= 4 is 22.7 Å². The first-order valence-electron chi connectivity index (χ1n) is 12.9. The number of rotatable bonds is 6. The van der Waals surface area contributed by atoms with Crippen LogP contribution in [0.15, 0.2) is 60.7 Å². The summed E-state index contributed by atoms with van der Waals surface area (Å²) < 4.78 is 11.2. The number of benzene rings is 3. The van der Waals surface area contributed by atoms with Crippen LogP contribution in [0, 0.1) is 13.8 Å². The third-order valence-corrected chi connectivity index (χ3v) is 7.97. The Hall–Kier alpha value is -3.84. The monoisotopic (exact) mass is 495 g/mol. The van der Waals surface area contributed by atoms with E-state index in [2.05, 4.69) is 64.6 Å². The molecule has 0 saturated carbocycles. The average molecular weight is 496 g/mol. The standard InChI is InChI=1S/C30H33N5O2/c1-20-7-6-10-24-27(20)28(31)34-29(33-24)32-18-30(23-8-4-3-5-9-23)11-13-35(14-12-30)17-22-16-26-25(15-21(22)2)36-19-37-26/h3-10,15-16H,11-14,17-19H2,1-2H3,(H3,31,32,33,34). The van der Waals surface area contributed by atoms with Crippen LogP contribution in [0.2, 0.25) is 0 Å². The number of nitrogens with zero attached hydrogens (tertiary/aromatic N) is 3. The largest absolute Gasteiger partial charge is 0.454 e. The molecule has 0 radical (unpaired) electrons. The third-order valence-electron chi connectivity index (χ3n) is 7.97. The van der Waals surface area contributed by atoms with Crippen LogP contribution in [0.5, 0.6) is 11.5 Å². The van der Waals surface area contributed by atoms with Gasteiger partial charge in [0.1, 0.15) is 5.82 Å². The van der Waals surface area contributed by atoms with Crippen molar-refractivity contribution in [3.05, 3.63) is 82.9 Å². The van der Waals surface area contributed by atoms with E-state index in [1.54, 1.807) is 0 Å². The lowest BCUT2D eigenvalue weighted by molar-refractivity contribution is 0.158. The fraction of sp³-hybridized carbons (Fsp3) is 0.333. The van der Waals surface area contributed by atoms with Crippen LogP contribution in [-0.2, 0) is 12.0 Å². The highest BCUT2D eigenvalue weighted by Gasteiger charge is 2.36. The summed E-state index contributed by atoms with van der Waals surface area (Å²) in [6.07, 6.45) is 2.07. The number of aryl methyl sites for hydroxylation is 2. The number of hydrogen-bond acceptors (Lipinski definition) is 7. The van der Waals surface area contributed by atoms with Gasteiger partial charge < -0.3 is 20.5 Å². The summed E-state index contributed by atoms with van der Waals surface area (Å²) in [5, 5.41) is 4.49. The molecule has 7 heteroatoms. The van der Waals surface area contributed by atoms with E-state index < -0.39 is 0 Å². The van der Waals surface area contributed by atoms with Crippen LogP contribution in [0.4, 0.5) is 11.8 Å². The topological polar surface area (TPSA) is 85.5 Å². The first-order valence-corrected chi connectivity index (χ1v) is 12.9. The molecule has 3 N–H and O–H groups in total. The van der Waals surface area contributed by atoms with Gasteiger partial charge in [0.2, 0.25) is 12.7 Å². The number of nitrogens with two attached hydrogens (primary N) is 1. The van der Waals surface area contributed by atoms with Gasteiger partial charge in [0.05, 0.1) is 5.52 Å². The zero-order valence-electron chi connectivity index (χ0n) is 21.5. The molecule has 1 saturated heterocycles. The van der Waals surface area contributed by atoms with E-state index in [1.165, 1.54) is 16.7 Å². The predicted octanol–water partition coefficient (Wildman–Crippen LogP) is 5.20. The molecule has 37 heavy (non-hydrogen) atoms. The molecule has 0 bridgehead atoms. The Balaban J connectivity index is 1.20. The predicted molar refractivity (Wildman–Crippen MR) is 147 cm³/mol. The van der Waals surface area contributed by atoms with Crippen molar-refractivity contribution in [1.82, 2.24) is 14.9 Å². The lowest BCUT2D eigenvalue weighted by Crippen LogP contribution is -2.46. The minimum atomic E-state index is -0.0125. The van der Waals surface area contributed by atoms with Crippen molar-refractivity contribution in [2.75, 3.05) is 37.5 Å². The number of ether oxygens (including phenoxy) is 2. The number of nitrogens with one attached hydrogen (secondary N) is 1. The van der Waals surface area contributed by atoms with Crippen LogP contribution >= 0.6 is 0 Å². The smallest absolute Gasteiger partial charge is 0.231 e.